The molecule has 2 rings (SSSR count). The highest BCUT2D eigenvalue weighted by Gasteiger charge is 2.07. The van der Waals surface area contributed by atoms with E-state index in [9.17, 15) is 4.79 Å². The molecule has 0 unspecified atom stereocenters. The van der Waals surface area contributed by atoms with Gasteiger partial charge in [-0.3, -0.25) is 15.2 Å². The second-order valence-corrected chi connectivity index (χ2v) is 4.12. The largest absolute Gasteiger partial charge is 0.316 e. The van der Waals surface area contributed by atoms with Crippen LogP contribution >= 0.6 is 12.2 Å². The van der Waals surface area contributed by atoms with E-state index in [-0.39, 0.29) is 11.0 Å². The quantitative estimate of drug-likeness (QED) is 0.721. The zero-order valence-electron chi connectivity index (χ0n) is 9.73. The smallest absolute Gasteiger partial charge is 0.257 e. The Balaban J connectivity index is 1.94. The van der Waals surface area contributed by atoms with Gasteiger partial charge in [-0.1, -0.05) is 18.2 Å². The zero-order valence-corrected chi connectivity index (χ0v) is 10.5. The summed E-state index contributed by atoms with van der Waals surface area (Å²) in [6.07, 6.45) is 0. The summed E-state index contributed by atoms with van der Waals surface area (Å²) in [6, 6.07) is 10.7. The van der Waals surface area contributed by atoms with E-state index < -0.39 is 0 Å². The average Bonchev–Trinajstić information content (AvgIpc) is 2.75. The van der Waals surface area contributed by atoms with Crippen LogP contribution in [0.25, 0.3) is 0 Å². The van der Waals surface area contributed by atoms with Crippen molar-refractivity contribution in [3.63, 3.8) is 0 Å². The Labute approximate surface area is 110 Å². The van der Waals surface area contributed by atoms with Gasteiger partial charge in [0.05, 0.1) is 0 Å². The molecule has 1 aromatic heterocycles. The van der Waals surface area contributed by atoms with Gasteiger partial charge >= 0.3 is 0 Å². The first kappa shape index (κ1) is 12.3. The van der Waals surface area contributed by atoms with Crippen molar-refractivity contribution in [2.45, 2.75) is 6.92 Å². The lowest BCUT2D eigenvalue weighted by Gasteiger charge is -2.06. The molecule has 0 aliphatic heterocycles. The van der Waals surface area contributed by atoms with Gasteiger partial charge in [0, 0.05) is 17.3 Å². The van der Waals surface area contributed by atoms with Crippen LogP contribution in [0.15, 0.2) is 36.4 Å². The van der Waals surface area contributed by atoms with Gasteiger partial charge < -0.3 is 5.32 Å². The summed E-state index contributed by atoms with van der Waals surface area (Å²) >= 11 is 5.02. The number of carbonyl (C=O) groups is 1. The number of hydrogen-bond acceptors (Lipinski definition) is 3. The summed E-state index contributed by atoms with van der Waals surface area (Å²) in [5.74, 6) is 0.325. The molecule has 1 amide bonds. The fourth-order valence-electron chi connectivity index (χ4n) is 1.39. The number of hydrogen-bond donors (Lipinski definition) is 3. The average molecular weight is 260 g/mol. The lowest BCUT2D eigenvalue weighted by atomic mass is 10.2. The third kappa shape index (κ3) is 3.14. The second kappa shape index (κ2) is 5.42. The molecule has 0 radical (unpaired) electrons. The molecule has 1 aromatic carbocycles. The van der Waals surface area contributed by atoms with E-state index in [4.69, 9.17) is 12.2 Å². The highest BCUT2D eigenvalue weighted by molar-refractivity contribution is 7.80. The van der Waals surface area contributed by atoms with Crippen LogP contribution in [0.2, 0.25) is 0 Å². The number of H-pyrrole nitrogens is 1. The lowest BCUT2D eigenvalue weighted by molar-refractivity contribution is 0.0978. The van der Waals surface area contributed by atoms with Crippen LogP contribution in [0.1, 0.15) is 16.1 Å². The molecule has 2 aromatic rings. The highest BCUT2D eigenvalue weighted by atomic mass is 32.1. The molecule has 0 atom stereocenters. The molecule has 5 nitrogen and oxygen atoms in total. The van der Waals surface area contributed by atoms with Crippen molar-refractivity contribution in [1.29, 1.82) is 0 Å². The highest BCUT2D eigenvalue weighted by Crippen LogP contribution is 2.03. The summed E-state index contributed by atoms with van der Waals surface area (Å²) < 4.78 is 0. The fourth-order valence-corrected chi connectivity index (χ4v) is 1.59. The normalized spacial score (nSPS) is 9.83. The maximum atomic E-state index is 11.8. The molecular formula is C12H12N4OS. The molecule has 1 heterocycles. The van der Waals surface area contributed by atoms with Gasteiger partial charge in [0.1, 0.15) is 0 Å². The Bertz CT molecular complexity index is 564. The number of aromatic nitrogens is 2. The first-order valence-corrected chi connectivity index (χ1v) is 5.75. The van der Waals surface area contributed by atoms with Crippen molar-refractivity contribution in [3.05, 3.63) is 47.7 Å². The van der Waals surface area contributed by atoms with Crippen LogP contribution in [-0.2, 0) is 0 Å². The molecule has 0 aliphatic carbocycles. The number of nitrogens with zero attached hydrogens (tertiary/aromatic N) is 1. The van der Waals surface area contributed by atoms with E-state index in [1.807, 2.05) is 13.0 Å². The molecule has 18 heavy (non-hydrogen) atoms. The van der Waals surface area contributed by atoms with E-state index in [0.29, 0.717) is 11.4 Å². The van der Waals surface area contributed by atoms with Crippen molar-refractivity contribution in [1.82, 2.24) is 15.5 Å². The minimum absolute atomic E-state index is 0.218. The summed E-state index contributed by atoms with van der Waals surface area (Å²) in [5, 5.41) is 12.4. The molecule has 0 saturated heterocycles. The van der Waals surface area contributed by atoms with E-state index in [1.165, 1.54) is 0 Å². The number of anilines is 1. The molecule has 0 fully saturated rings. The van der Waals surface area contributed by atoms with Crippen LogP contribution in [-0.4, -0.2) is 21.2 Å². The van der Waals surface area contributed by atoms with Crippen molar-refractivity contribution >= 4 is 29.1 Å². The van der Waals surface area contributed by atoms with Gasteiger partial charge in [0.15, 0.2) is 10.9 Å². The van der Waals surface area contributed by atoms with E-state index in [2.05, 4.69) is 20.8 Å². The molecular weight excluding hydrogens is 248 g/mol. The molecule has 6 heteroatoms. The first-order chi connectivity index (χ1) is 8.65. The Hall–Kier alpha value is -2.21. The Morgan fingerprint density at radius 2 is 2.06 bits per heavy atom. The van der Waals surface area contributed by atoms with Crippen LogP contribution in [0.3, 0.4) is 0 Å². The minimum atomic E-state index is -0.250. The number of aromatic amines is 1. The topological polar surface area (TPSA) is 69.8 Å². The predicted molar refractivity (Wildman–Crippen MR) is 73.5 cm³/mol. The maximum Gasteiger partial charge on any atom is 0.257 e. The van der Waals surface area contributed by atoms with E-state index in [0.717, 1.165) is 5.69 Å². The van der Waals surface area contributed by atoms with Crippen molar-refractivity contribution in [3.8, 4) is 0 Å². The number of thiocarbonyl (C=S) groups is 1. The second-order valence-electron chi connectivity index (χ2n) is 3.71. The van der Waals surface area contributed by atoms with Crippen LogP contribution in [0.4, 0.5) is 5.82 Å². The van der Waals surface area contributed by atoms with Gasteiger partial charge in [0.2, 0.25) is 0 Å². The monoisotopic (exact) mass is 260 g/mol. The minimum Gasteiger partial charge on any atom is -0.316 e. The van der Waals surface area contributed by atoms with Gasteiger partial charge in [-0.25, -0.2) is 0 Å². The number of carbonyl (C=O) groups excluding carboxylic acids is 1. The van der Waals surface area contributed by atoms with E-state index in [1.54, 1.807) is 30.3 Å². The van der Waals surface area contributed by atoms with Crippen LogP contribution in [0, 0.1) is 6.92 Å². The molecule has 0 saturated carbocycles. The molecule has 92 valence electrons. The number of benzene rings is 1. The van der Waals surface area contributed by atoms with E-state index >= 15 is 0 Å². The first-order valence-electron chi connectivity index (χ1n) is 5.34. The zero-order chi connectivity index (χ0) is 13.0. The predicted octanol–water partition coefficient (Wildman–Crippen LogP) is 1.84. The van der Waals surface area contributed by atoms with Crippen LogP contribution < -0.4 is 10.6 Å². The third-order valence-corrected chi connectivity index (χ3v) is 2.41. The number of aryl methyl sites for hydroxylation is 1. The van der Waals surface area contributed by atoms with Crippen molar-refractivity contribution in [2.24, 2.45) is 0 Å². The summed E-state index contributed by atoms with van der Waals surface area (Å²) in [5.41, 5.74) is 1.47. The summed E-state index contributed by atoms with van der Waals surface area (Å²) in [4.78, 5) is 11.8. The van der Waals surface area contributed by atoms with Gasteiger partial charge in [-0.15, -0.1) is 0 Å². The number of amides is 1. The lowest BCUT2D eigenvalue weighted by Crippen LogP contribution is -2.34. The van der Waals surface area contributed by atoms with Crippen molar-refractivity contribution < 1.29 is 4.79 Å². The molecule has 0 spiro atoms. The molecule has 3 N–H and O–H groups in total. The maximum absolute atomic E-state index is 11.8. The van der Waals surface area contributed by atoms with Gasteiger partial charge in [-0.2, -0.15) is 5.10 Å². The number of rotatable bonds is 2. The summed E-state index contributed by atoms with van der Waals surface area (Å²) in [7, 11) is 0. The van der Waals surface area contributed by atoms with Crippen molar-refractivity contribution in [2.75, 3.05) is 5.32 Å². The fraction of sp³-hybridized carbons (Fsp3) is 0.0833. The SMILES string of the molecule is Cc1cc(NC(=S)NC(=O)c2ccccc2)n[nH]1. The standard InChI is InChI=1S/C12H12N4OS/c1-8-7-10(16-15-8)13-12(18)14-11(17)9-5-3-2-4-6-9/h2-7H,1H3,(H3,13,14,15,16,17,18). The van der Waals surface area contributed by atoms with Crippen LogP contribution in [0.5, 0.6) is 0 Å². The Morgan fingerprint density at radius 3 is 2.67 bits per heavy atom. The summed E-state index contributed by atoms with van der Waals surface area (Å²) in [6.45, 7) is 1.88. The molecule has 0 aliphatic rings. The third-order valence-electron chi connectivity index (χ3n) is 2.21. The number of nitrogens with one attached hydrogen (secondary N) is 3. The Morgan fingerprint density at radius 1 is 1.33 bits per heavy atom. The molecule has 0 bridgehead atoms. The van der Waals surface area contributed by atoms with Gasteiger partial charge in [-0.05, 0) is 31.3 Å². The Kier molecular flexibility index (Phi) is 3.69. The van der Waals surface area contributed by atoms with Gasteiger partial charge in [0.25, 0.3) is 5.91 Å².